The highest BCUT2D eigenvalue weighted by molar-refractivity contribution is 5.68. The molecule has 1 aromatic rings. The van der Waals surface area contributed by atoms with Gasteiger partial charge in [0.1, 0.15) is 6.61 Å². The summed E-state index contributed by atoms with van der Waals surface area (Å²) in [6.07, 6.45) is 2.01. The van der Waals surface area contributed by atoms with E-state index in [0.717, 1.165) is 31.5 Å². The quantitative estimate of drug-likeness (QED) is 0.820. The Labute approximate surface area is 153 Å². The van der Waals surface area contributed by atoms with Crippen LogP contribution in [0.4, 0.5) is 13.6 Å². The lowest BCUT2D eigenvalue weighted by molar-refractivity contribution is -0.0534. The standard InChI is InChI=1S/C20H28F2N2O2/c21-20(22)10-6-18(7-11-20)24(13-9-16-8-12-23-14-16)19(25)26-15-17-4-2-1-3-5-17/h1-5,16,18,23H,6-15H2. The number of nitrogens with zero attached hydrogens (tertiary/aromatic N) is 1. The molecule has 1 saturated heterocycles. The number of benzene rings is 1. The van der Waals surface area contributed by atoms with Crippen molar-refractivity contribution in [3.63, 3.8) is 0 Å². The molecule has 0 spiro atoms. The summed E-state index contributed by atoms with van der Waals surface area (Å²) in [5.74, 6) is -2.05. The van der Waals surface area contributed by atoms with E-state index in [1.165, 1.54) is 0 Å². The molecule has 26 heavy (non-hydrogen) atoms. The SMILES string of the molecule is O=C(OCc1ccccc1)N(CCC1CCNC1)C1CCC(F)(F)CC1. The maximum atomic E-state index is 13.5. The summed E-state index contributed by atoms with van der Waals surface area (Å²) in [4.78, 5) is 14.4. The number of carbonyl (C=O) groups excluding carboxylic acids is 1. The third kappa shape index (κ3) is 5.40. The lowest BCUT2D eigenvalue weighted by atomic mass is 9.91. The lowest BCUT2D eigenvalue weighted by Gasteiger charge is -2.36. The highest BCUT2D eigenvalue weighted by Crippen LogP contribution is 2.35. The minimum atomic E-state index is -2.59. The second kappa shape index (κ2) is 8.80. The number of carbonyl (C=O) groups is 1. The minimum absolute atomic E-state index is 0.146. The van der Waals surface area contributed by atoms with E-state index in [4.69, 9.17) is 4.74 Å². The fraction of sp³-hybridized carbons (Fsp3) is 0.650. The number of hydrogen-bond donors (Lipinski definition) is 1. The van der Waals surface area contributed by atoms with Crippen LogP contribution < -0.4 is 5.32 Å². The van der Waals surface area contributed by atoms with Gasteiger partial charge in [0.15, 0.2) is 0 Å². The Bertz CT molecular complexity index is 566. The number of alkyl halides is 2. The molecule has 6 heteroatoms. The van der Waals surface area contributed by atoms with E-state index >= 15 is 0 Å². The molecule has 0 aromatic heterocycles. The van der Waals surface area contributed by atoms with Crippen LogP contribution in [0.25, 0.3) is 0 Å². The second-order valence-electron chi connectivity index (χ2n) is 7.47. The fourth-order valence-corrected chi connectivity index (χ4v) is 3.84. The largest absolute Gasteiger partial charge is 0.445 e. The van der Waals surface area contributed by atoms with Crippen molar-refractivity contribution < 1.29 is 18.3 Å². The molecule has 1 N–H and O–H groups in total. The van der Waals surface area contributed by atoms with Gasteiger partial charge >= 0.3 is 6.09 Å². The van der Waals surface area contributed by atoms with Gasteiger partial charge in [-0.15, -0.1) is 0 Å². The van der Waals surface area contributed by atoms with Crippen molar-refractivity contribution in [2.45, 2.75) is 57.1 Å². The highest BCUT2D eigenvalue weighted by atomic mass is 19.3. The molecular weight excluding hydrogens is 338 g/mol. The maximum Gasteiger partial charge on any atom is 0.410 e. The molecule has 1 aromatic carbocycles. The predicted octanol–water partition coefficient (Wildman–Crippen LogP) is 4.20. The summed E-state index contributed by atoms with van der Waals surface area (Å²) in [6, 6.07) is 9.38. The van der Waals surface area contributed by atoms with Crippen LogP contribution in [0.2, 0.25) is 0 Å². The van der Waals surface area contributed by atoms with Crippen molar-refractivity contribution in [2.24, 2.45) is 5.92 Å². The first-order valence-electron chi connectivity index (χ1n) is 9.59. The Balaban J connectivity index is 1.58. The van der Waals surface area contributed by atoms with E-state index in [0.29, 0.717) is 25.3 Å². The van der Waals surface area contributed by atoms with E-state index in [1.807, 2.05) is 30.3 Å². The van der Waals surface area contributed by atoms with E-state index in [-0.39, 0.29) is 31.6 Å². The zero-order valence-corrected chi connectivity index (χ0v) is 15.1. The van der Waals surface area contributed by atoms with Crippen LogP contribution >= 0.6 is 0 Å². The number of rotatable bonds is 6. The van der Waals surface area contributed by atoms with Gasteiger partial charge in [-0.2, -0.15) is 0 Å². The van der Waals surface area contributed by atoms with Crippen LogP contribution in [0.3, 0.4) is 0 Å². The molecule has 1 unspecified atom stereocenters. The molecule has 4 nitrogen and oxygen atoms in total. The van der Waals surface area contributed by atoms with Crippen LogP contribution in [-0.2, 0) is 11.3 Å². The number of nitrogens with one attached hydrogen (secondary N) is 1. The first kappa shape index (κ1) is 19.1. The van der Waals surface area contributed by atoms with Crippen LogP contribution in [0, 0.1) is 5.92 Å². The third-order valence-corrected chi connectivity index (χ3v) is 5.51. The van der Waals surface area contributed by atoms with Gasteiger partial charge in [0, 0.05) is 25.4 Å². The van der Waals surface area contributed by atoms with Crippen molar-refractivity contribution >= 4 is 6.09 Å². The number of halogens is 2. The van der Waals surface area contributed by atoms with Crippen molar-refractivity contribution in [1.82, 2.24) is 10.2 Å². The zero-order chi connectivity index (χ0) is 18.4. The predicted molar refractivity (Wildman–Crippen MR) is 96.1 cm³/mol. The van der Waals surface area contributed by atoms with Crippen LogP contribution in [-0.4, -0.2) is 42.6 Å². The average molecular weight is 366 g/mol. The summed E-state index contributed by atoms with van der Waals surface area (Å²) in [7, 11) is 0. The van der Waals surface area contributed by atoms with E-state index < -0.39 is 5.92 Å². The molecule has 3 rings (SSSR count). The van der Waals surface area contributed by atoms with Crippen LogP contribution in [0.5, 0.6) is 0 Å². The molecule has 1 atom stereocenters. The van der Waals surface area contributed by atoms with E-state index in [2.05, 4.69) is 5.32 Å². The average Bonchev–Trinajstić information content (AvgIpc) is 3.15. The summed E-state index contributed by atoms with van der Waals surface area (Å²) in [5.41, 5.74) is 0.927. The normalized spacial score (nSPS) is 22.9. The van der Waals surface area contributed by atoms with Crippen LogP contribution in [0.15, 0.2) is 30.3 Å². The topological polar surface area (TPSA) is 41.6 Å². The maximum absolute atomic E-state index is 13.5. The van der Waals surface area contributed by atoms with Crippen molar-refractivity contribution in [3.05, 3.63) is 35.9 Å². The summed E-state index contributed by atoms with van der Waals surface area (Å²) >= 11 is 0. The molecule has 2 aliphatic rings. The van der Waals surface area contributed by atoms with Gasteiger partial charge in [0.2, 0.25) is 5.92 Å². The number of ether oxygens (including phenoxy) is 1. The molecule has 1 aliphatic heterocycles. The molecule has 1 heterocycles. The molecule has 1 amide bonds. The van der Waals surface area contributed by atoms with Gasteiger partial charge in [-0.05, 0) is 50.3 Å². The Morgan fingerprint density at radius 1 is 1.19 bits per heavy atom. The minimum Gasteiger partial charge on any atom is -0.445 e. The van der Waals surface area contributed by atoms with Gasteiger partial charge in [-0.1, -0.05) is 30.3 Å². The fourth-order valence-electron chi connectivity index (χ4n) is 3.84. The van der Waals surface area contributed by atoms with Crippen molar-refractivity contribution in [2.75, 3.05) is 19.6 Å². The number of amides is 1. The van der Waals surface area contributed by atoms with Crippen LogP contribution in [0.1, 0.15) is 44.1 Å². The summed E-state index contributed by atoms with van der Waals surface area (Å²) < 4.78 is 32.5. The Morgan fingerprint density at radius 2 is 1.92 bits per heavy atom. The molecule has 1 saturated carbocycles. The molecule has 144 valence electrons. The van der Waals surface area contributed by atoms with E-state index in [9.17, 15) is 13.6 Å². The Hall–Kier alpha value is -1.69. The van der Waals surface area contributed by atoms with Gasteiger partial charge < -0.3 is 15.0 Å². The van der Waals surface area contributed by atoms with Gasteiger partial charge in [-0.3, -0.25) is 0 Å². The Morgan fingerprint density at radius 3 is 2.58 bits per heavy atom. The Kier molecular flexibility index (Phi) is 6.46. The zero-order valence-electron chi connectivity index (χ0n) is 15.1. The second-order valence-corrected chi connectivity index (χ2v) is 7.47. The monoisotopic (exact) mass is 366 g/mol. The first-order valence-corrected chi connectivity index (χ1v) is 9.59. The molecular formula is C20H28F2N2O2. The summed E-state index contributed by atoms with van der Waals surface area (Å²) in [5, 5.41) is 3.33. The number of hydrogen-bond acceptors (Lipinski definition) is 3. The first-order chi connectivity index (χ1) is 12.5. The molecule has 0 bridgehead atoms. The van der Waals surface area contributed by atoms with Gasteiger partial charge in [0.25, 0.3) is 0 Å². The molecule has 1 aliphatic carbocycles. The molecule has 2 fully saturated rings. The highest BCUT2D eigenvalue weighted by Gasteiger charge is 2.38. The third-order valence-electron chi connectivity index (χ3n) is 5.51. The van der Waals surface area contributed by atoms with E-state index in [1.54, 1.807) is 4.90 Å². The lowest BCUT2D eigenvalue weighted by Crippen LogP contribution is -2.45. The smallest absolute Gasteiger partial charge is 0.410 e. The van der Waals surface area contributed by atoms with Crippen molar-refractivity contribution in [1.29, 1.82) is 0 Å². The van der Waals surface area contributed by atoms with Gasteiger partial charge in [0.05, 0.1) is 0 Å². The summed E-state index contributed by atoms with van der Waals surface area (Å²) in [6.45, 7) is 2.77. The van der Waals surface area contributed by atoms with Crippen molar-refractivity contribution in [3.8, 4) is 0 Å². The van der Waals surface area contributed by atoms with Gasteiger partial charge in [-0.25, -0.2) is 13.6 Å². The molecule has 0 radical (unpaired) electrons.